The number of primary amides is 1. The second kappa shape index (κ2) is 13.7. The number of nitrogen functional groups attached to an aromatic ring is 1. The zero-order valence-corrected chi connectivity index (χ0v) is 24.0. The highest BCUT2D eigenvalue weighted by Crippen LogP contribution is 2.37. The van der Waals surface area contributed by atoms with Gasteiger partial charge in [0.25, 0.3) is 11.8 Å². The largest absolute Gasteiger partial charge is 0.494 e. The molecule has 0 bridgehead atoms. The minimum absolute atomic E-state index is 0.0249. The molecule has 0 aliphatic carbocycles. The van der Waals surface area contributed by atoms with E-state index in [9.17, 15) is 14.4 Å². The molecule has 1 aromatic heterocycles. The third kappa shape index (κ3) is 6.81. The molecule has 0 saturated heterocycles. The summed E-state index contributed by atoms with van der Waals surface area (Å²) in [4.78, 5) is 41.2. The van der Waals surface area contributed by atoms with Crippen LogP contribution in [0.2, 0.25) is 0 Å². The minimum atomic E-state index is -1.16. The number of ether oxygens (including phenoxy) is 3. The number of nitrogens with two attached hydrogens (primary N) is 2. The second-order valence-corrected chi connectivity index (χ2v) is 10.0. The van der Waals surface area contributed by atoms with E-state index in [0.717, 1.165) is 18.0 Å². The molecule has 0 aliphatic rings. The molecule has 0 saturated carbocycles. The molecule has 40 heavy (non-hydrogen) atoms. The van der Waals surface area contributed by atoms with Crippen LogP contribution in [0.5, 0.6) is 17.2 Å². The van der Waals surface area contributed by atoms with Crippen LogP contribution in [0.15, 0.2) is 42.5 Å². The first-order chi connectivity index (χ1) is 19.1. The molecule has 11 nitrogen and oxygen atoms in total. The number of aromatic nitrogens is 1. The Morgan fingerprint density at radius 1 is 1.05 bits per heavy atom. The number of methoxy groups -OCH3 is 2. The number of hydrogen-bond donors (Lipinski definition) is 3. The van der Waals surface area contributed by atoms with Gasteiger partial charge in [-0.05, 0) is 72.8 Å². The van der Waals surface area contributed by atoms with Gasteiger partial charge in [0.15, 0.2) is 17.2 Å². The lowest BCUT2D eigenvalue weighted by Crippen LogP contribution is -2.44. The van der Waals surface area contributed by atoms with Gasteiger partial charge in [0.2, 0.25) is 5.91 Å². The van der Waals surface area contributed by atoms with Crippen molar-refractivity contribution in [1.29, 1.82) is 0 Å². The number of nitrogens with zero attached hydrogens (tertiary/aromatic N) is 2. The van der Waals surface area contributed by atoms with Crippen LogP contribution in [0.25, 0.3) is 0 Å². The lowest BCUT2D eigenvalue weighted by atomic mass is 10.0. The topological polar surface area (TPSA) is 159 Å². The molecule has 0 fully saturated rings. The molecule has 1 unspecified atom stereocenters. The fourth-order valence-electron chi connectivity index (χ4n) is 4.01. The van der Waals surface area contributed by atoms with Crippen molar-refractivity contribution >= 4 is 40.6 Å². The highest BCUT2D eigenvalue weighted by Gasteiger charge is 2.36. The van der Waals surface area contributed by atoms with E-state index in [1.165, 1.54) is 19.1 Å². The van der Waals surface area contributed by atoms with Gasteiger partial charge in [-0.25, -0.2) is 0 Å². The van der Waals surface area contributed by atoms with Crippen LogP contribution in [0.3, 0.4) is 0 Å². The fourth-order valence-corrected chi connectivity index (χ4v) is 4.76. The molecule has 3 aromatic rings. The molecule has 12 heteroatoms. The van der Waals surface area contributed by atoms with Crippen molar-refractivity contribution in [2.75, 3.05) is 38.0 Å². The summed E-state index contributed by atoms with van der Waals surface area (Å²) in [6.07, 6.45) is 0.741. The van der Waals surface area contributed by atoms with E-state index in [1.54, 1.807) is 42.5 Å². The molecule has 0 radical (unpaired) electrons. The minimum Gasteiger partial charge on any atom is -0.494 e. The molecule has 3 rings (SSSR count). The lowest BCUT2D eigenvalue weighted by Gasteiger charge is -2.31. The predicted molar refractivity (Wildman–Crippen MR) is 154 cm³/mol. The SMILES string of the molecule is CCOc1ccc(N(C(=O)c2snc(C(N)=O)c2N)C(C(=O)NCCC(C)C)c2ccc(OC)c(OC)c2)cc1. The van der Waals surface area contributed by atoms with Crippen LogP contribution >= 0.6 is 11.5 Å². The van der Waals surface area contributed by atoms with Crippen molar-refractivity contribution in [3.63, 3.8) is 0 Å². The number of carbonyl (C=O) groups excluding carboxylic acids is 3. The average Bonchev–Trinajstić information content (AvgIpc) is 3.33. The molecule has 1 atom stereocenters. The van der Waals surface area contributed by atoms with E-state index in [0.29, 0.717) is 47.6 Å². The molecule has 1 heterocycles. The van der Waals surface area contributed by atoms with Gasteiger partial charge >= 0.3 is 0 Å². The van der Waals surface area contributed by atoms with Gasteiger partial charge in [0.05, 0.1) is 26.5 Å². The first-order valence-electron chi connectivity index (χ1n) is 12.7. The average molecular weight is 570 g/mol. The first-order valence-corrected chi connectivity index (χ1v) is 13.5. The molecule has 214 valence electrons. The highest BCUT2D eigenvalue weighted by molar-refractivity contribution is 7.09. The van der Waals surface area contributed by atoms with E-state index in [1.807, 2.05) is 6.92 Å². The standard InChI is InChI=1S/C28H35N5O6S/c1-6-39-19-10-8-18(9-11-19)33(28(36)25-22(29)23(26(30)34)32-40-25)24(27(35)31-14-13-16(2)3)17-7-12-20(37-4)21(15-17)38-5/h7-12,15-16,24H,6,13-14,29H2,1-5H3,(H2,30,34)(H,31,35). The van der Waals surface area contributed by atoms with E-state index >= 15 is 0 Å². The maximum Gasteiger partial charge on any atom is 0.273 e. The van der Waals surface area contributed by atoms with Gasteiger partial charge in [0.1, 0.15) is 16.7 Å². The number of rotatable bonds is 13. The maximum atomic E-state index is 14.2. The number of nitrogens with one attached hydrogen (secondary N) is 1. The summed E-state index contributed by atoms with van der Waals surface area (Å²) in [5.74, 6) is -0.125. The van der Waals surface area contributed by atoms with Crippen molar-refractivity contribution in [3.05, 3.63) is 58.6 Å². The number of amides is 3. The normalized spacial score (nSPS) is 11.6. The monoisotopic (exact) mass is 569 g/mol. The zero-order chi connectivity index (χ0) is 29.4. The van der Waals surface area contributed by atoms with Crippen LogP contribution in [0, 0.1) is 5.92 Å². The lowest BCUT2D eigenvalue weighted by molar-refractivity contribution is -0.122. The molecular weight excluding hydrogens is 534 g/mol. The van der Waals surface area contributed by atoms with Crippen molar-refractivity contribution < 1.29 is 28.6 Å². The Morgan fingerprint density at radius 2 is 1.73 bits per heavy atom. The number of anilines is 2. The van der Waals surface area contributed by atoms with Crippen LogP contribution in [0.1, 0.15) is 59.0 Å². The van der Waals surface area contributed by atoms with Gasteiger partial charge in [-0.3, -0.25) is 19.3 Å². The Kier molecular flexibility index (Phi) is 10.3. The van der Waals surface area contributed by atoms with Gasteiger partial charge < -0.3 is 31.0 Å². The predicted octanol–water partition coefficient (Wildman–Crippen LogP) is 3.79. The highest BCUT2D eigenvalue weighted by atomic mass is 32.1. The third-order valence-electron chi connectivity index (χ3n) is 6.05. The van der Waals surface area contributed by atoms with Gasteiger partial charge in [0, 0.05) is 12.2 Å². The van der Waals surface area contributed by atoms with E-state index in [-0.39, 0.29) is 16.3 Å². The summed E-state index contributed by atoms with van der Waals surface area (Å²) in [7, 11) is 2.99. The summed E-state index contributed by atoms with van der Waals surface area (Å²) in [6, 6.07) is 10.6. The number of carbonyl (C=O) groups is 3. The van der Waals surface area contributed by atoms with Crippen molar-refractivity contribution in [1.82, 2.24) is 9.69 Å². The smallest absolute Gasteiger partial charge is 0.273 e. The van der Waals surface area contributed by atoms with Crippen molar-refractivity contribution in [2.24, 2.45) is 11.7 Å². The van der Waals surface area contributed by atoms with Crippen LogP contribution in [-0.2, 0) is 4.79 Å². The Morgan fingerprint density at radius 3 is 2.27 bits per heavy atom. The van der Waals surface area contributed by atoms with Crippen molar-refractivity contribution in [2.45, 2.75) is 33.2 Å². The molecule has 5 N–H and O–H groups in total. The summed E-state index contributed by atoms with van der Waals surface area (Å²) in [5, 5.41) is 2.96. The number of hydrogen-bond acceptors (Lipinski definition) is 9. The Labute approximate surface area is 237 Å². The summed E-state index contributed by atoms with van der Waals surface area (Å²) in [5.41, 5.74) is 12.0. The Bertz CT molecular complexity index is 1340. The van der Waals surface area contributed by atoms with Gasteiger partial charge in [-0.1, -0.05) is 19.9 Å². The molecular formula is C28H35N5O6S. The molecule has 3 amide bonds. The molecule has 0 spiro atoms. The summed E-state index contributed by atoms with van der Waals surface area (Å²) in [6.45, 7) is 6.83. The maximum absolute atomic E-state index is 14.2. The number of benzene rings is 2. The van der Waals surface area contributed by atoms with Crippen LogP contribution in [0.4, 0.5) is 11.4 Å². The molecule has 2 aromatic carbocycles. The van der Waals surface area contributed by atoms with E-state index in [2.05, 4.69) is 23.5 Å². The van der Waals surface area contributed by atoms with E-state index < -0.39 is 23.8 Å². The Hall–Kier alpha value is -4.32. The summed E-state index contributed by atoms with van der Waals surface area (Å²) >= 11 is 0.739. The summed E-state index contributed by atoms with van der Waals surface area (Å²) < 4.78 is 20.4. The third-order valence-corrected chi connectivity index (χ3v) is 6.90. The van der Waals surface area contributed by atoms with Gasteiger partial charge in [-0.2, -0.15) is 4.37 Å². The van der Waals surface area contributed by atoms with E-state index in [4.69, 9.17) is 25.7 Å². The molecule has 0 aliphatic heterocycles. The van der Waals surface area contributed by atoms with Crippen LogP contribution < -0.4 is 35.9 Å². The second-order valence-electron chi connectivity index (χ2n) is 9.23. The zero-order valence-electron chi connectivity index (χ0n) is 23.2. The Balaban J connectivity index is 2.22. The fraction of sp³-hybridized carbons (Fsp3) is 0.357. The van der Waals surface area contributed by atoms with Gasteiger partial charge in [-0.15, -0.1) is 0 Å². The quantitative estimate of drug-likeness (QED) is 0.280. The first kappa shape index (κ1) is 30.2. The van der Waals surface area contributed by atoms with Crippen molar-refractivity contribution in [3.8, 4) is 17.2 Å². The van der Waals surface area contributed by atoms with Crippen LogP contribution in [-0.4, -0.2) is 49.5 Å².